The number of halogens is 1. The van der Waals surface area contributed by atoms with Crippen LogP contribution in [0, 0.1) is 21.8 Å². The Morgan fingerprint density at radius 3 is 2.81 bits per heavy atom. The van der Waals surface area contributed by atoms with Crippen molar-refractivity contribution >= 4 is 15.7 Å². The lowest BCUT2D eigenvalue weighted by Crippen LogP contribution is -2.26. The van der Waals surface area contributed by atoms with E-state index in [2.05, 4.69) is 4.72 Å². The summed E-state index contributed by atoms with van der Waals surface area (Å²) in [6.45, 7) is 1.52. The molecule has 1 fully saturated rings. The molecule has 1 aliphatic rings. The molecule has 1 aromatic carbocycles. The lowest BCUT2D eigenvalue weighted by atomic mass is 10.1. The minimum absolute atomic E-state index is 0.217. The van der Waals surface area contributed by atoms with Crippen molar-refractivity contribution in [3.63, 3.8) is 0 Å². The first-order valence-electron chi connectivity index (χ1n) is 6.41. The van der Waals surface area contributed by atoms with Gasteiger partial charge in [0.1, 0.15) is 0 Å². The Kier molecular flexibility index (Phi) is 4.86. The standard InChI is InChI=1S/C12H15FN2O5S/c13-11-7-10(1-2-12(11)15(16)17)21(18,19)14-5-3-9-4-6-20-8-9/h1-2,7,9,14H,3-6,8H2. The van der Waals surface area contributed by atoms with E-state index in [9.17, 15) is 22.9 Å². The van der Waals surface area contributed by atoms with Gasteiger partial charge in [-0.25, -0.2) is 13.1 Å². The van der Waals surface area contributed by atoms with E-state index in [0.29, 0.717) is 31.6 Å². The quantitative estimate of drug-likeness (QED) is 0.632. The fourth-order valence-corrected chi connectivity index (χ4v) is 3.15. The zero-order chi connectivity index (χ0) is 15.5. The highest BCUT2D eigenvalue weighted by Crippen LogP contribution is 2.21. The molecule has 1 atom stereocenters. The van der Waals surface area contributed by atoms with E-state index in [0.717, 1.165) is 18.6 Å². The van der Waals surface area contributed by atoms with Gasteiger partial charge in [0.05, 0.1) is 9.82 Å². The van der Waals surface area contributed by atoms with Crippen molar-refractivity contribution in [2.24, 2.45) is 5.92 Å². The SMILES string of the molecule is O=[N+]([O-])c1ccc(S(=O)(=O)NCCC2CCOC2)cc1F. The summed E-state index contributed by atoms with van der Waals surface area (Å²) in [5.74, 6) is -0.853. The lowest BCUT2D eigenvalue weighted by molar-refractivity contribution is -0.387. The number of hydrogen-bond donors (Lipinski definition) is 1. The zero-order valence-corrected chi connectivity index (χ0v) is 11.9. The second-order valence-corrected chi connectivity index (χ2v) is 6.55. The molecule has 0 aliphatic carbocycles. The molecule has 0 aromatic heterocycles. The van der Waals surface area contributed by atoms with Crippen LogP contribution in [0.4, 0.5) is 10.1 Å². The average molecular weight is 318 g/mol. The Morgan fingerprint density at radius 1 is 1.48 bits per heavy atom. The summed E-state index contributed by atoms with van der Waals surface area (Å²) in [7, 11) is -3.87. The van der Waals surface area contributed by atoms with Crippen LogP contribution in [-0.4, -0.2) is 33.1 Å². The van der Waals surface area contributed by atoms with Crippen LogP contribution >= 0.6 is 0 Å². The van der Waals surface area contributed by atoms with E-state index in [-0.39, 0.29) is 11.4 Å². The van der Waals surface area contributed by atoms with Gasteiger partial charge in [0, 0.05) is 31.9 Å². The third kappa shape index (κ3) is 3.96. The summed E-state index contributed by atoms with van der Waals surface area (Å²) in [4.78, 5) is 9.26. The Balaban J connectivity index is 2.01. The Hall–Kier alpha value is -1.58. The summed E-state index contributed by atoms with van der Waals surface area (Å²) in [5.41, 5.74) is -0.753. The molecule has 1 unspecified atom stereocenters. The molecule has 1 aliphatic heterocycles. The van der Waals surface area contributed by atoms with Crippen molar-refractivity contribution in [3.8, 4) is 0 Å². The average Bonchev–Trinajstić information content (AvgIpc) is 2.91. The normalized spacial score (nSPS) is 18.8. The van der Waals surface area contributed by atoms with Crippen LogP contribution < -0.4 is 4.72 Å². The fourth-order valence-electron chi connectivity index (χ4n) is 2.09. The lowest BCUT2D eigenvalue weighted by Gasteiger charge is -2.09. The van der Waals surface area contributed by atoms with Gasteiger partial charge in [-0.2, -0.15) is 4.39 Å². The Bertz CT molecular complexity index is 629. The fraction of sp³-hybridized carbons (Fsp3) is 0.500. The van der Waals surface area contributed by atoms with Crippen molar-refractivity contribution in [2.45, 2.75) is 17.7 Å². The number of ether oxygens (including phenoxy) is 1. The number of nitrogens with one attached hydrogen (secondary N) is 1. The van der Waals surface area contributed by atoms with Crippen molar-refractivity contribution in [3.05, 3.63) is 34.1 Å². The van der Waals surface area contributed by atoms with Crippen LogP contribution in [0.1, 0.15) is 12.8 Å². The highest BCUT2D eigenvalue weighted by atomic mass is 32.2. The second kappa shape index (κ2) is 6.46. The second-order valence-electron chi connectivity index (χ2n) is 4.79. The number of hydrogen-bond acceptors (Lipinski definition) is 5. The number of sulfonamides is 1. The van der Waals surface area contributed by atoms with Crippen molar-refractivity contribution < 1.29 is 22.5 Å². The smallest absolute Gasteiger partial charge is 0.304 e. The number of nitro benzene ring substituents is 1. The van der Waals surface area contributed by atoms with Crippen LogP contribution in [0.2, 0.25) is 0 Å². The molecule has 0 amide bonds. The van der Waals surface area contributed by atoms with Gasteiger partial charge in [0.15, 0.2) is 0 Å². The molecule has 0 spiro atoms. The van der Waals surface area contributed by atoms with E-state index in [4.69, 9.17) is 4.74 Å². The molecule has 0 saturated carbocycles. The topological polar surface area (TPSA) is 98.5 Å². The molecule has 21 heavy (non-hydrogen) atoms. The van der Waals surface area contributed by atoms with E-state index < -0.39 is 26.5 Å². The predicted octanol–water partition coefficient (Wildman–Crippen LogP) is 1.44. The largest absolute Gasteiger partial charge is 0.381 e. The van der Waals surface area contributed by atoms with Gasteiger partial charge in [-0.1, -0.05) is 0 Å². The molecule has 1 aromatic rings. The molecule has 1 N–H and O–H groups in total. The molecular formula is C12H15FN2O5S. The van der Waals surface area contributed by atoms with Crippen LogP contribution in [0.15, 0.2) is 23.1 Å². The number of nitro groups is 1. The van der Waals surface area contributed by atoms with Crippen molar-refractivity contribution in [1.82, 2.24) is 4.72 Å². The highest BCUT2D eigenvalue weighted by Gasteiger charge is 2.21. The highest BCUT2D eigenvalue weighted by molar-refractivity contribution is 7.89. The number of benzene rings is 1. The van der Waals surface area contributed by atoms with Crippen LogP contribution in [-0.2, 0) is 14.8 Å². The molecule has 2 rings (SSSR count). The van der Waals surface area contributed by atoms with E-state index in [1.54, 1.807) is 0 Å². The van der Waals surface area contributed by atoms with Crippen molar-refractivity contribution in [1.29, 1.82) is 0 Å². The Morgan fingerprint density at radius 2 is 2.24 bits per heavy atom. The van der Waals surface area contributed by atoms with Crippen molar-refractivity contribution in [2.75, 3.05) is 19.8 Å². The summed E-state index contributed by atoms with van der Waals surface area (Å²) >= 11 is 0. The van der Waals surface area contributed by atoms with Gasteiger partial charge in [-0.3, -0.25) is 10.1 Å². The van der Waals surface area contributed by atoms with Gasteiger partial charge >= 0.3 is 5.69 Å². The van der Waals surface area contributed by atoms with Gasteiger partial charge in [-0.15, -0.1) is 0 Å². The van der Waals surface area contributed by atoms with Gasteiger partial charge < -0.3 is 4.74 Å². The molecular weight excluding hydrogens is 303 g/mol. The first-order valence-corrected chi connectivity index (χ1v) is 7.90. The van der Waals surface area contributed by atoms with Gasteiger partial charge in [-0.05, 0) is 24.8 Å². The minimum atomic E-state index is -3.87. The number of rotatable bonds is 6. The van der Waals surface area contributed by atoms with E-state index in [1.807, 2.05) is 0 Å². The van der Waals surface area contributed by atoms with Gasteiger partial charge in [0.2, 0.25) is 15.8 Å². The maximum Gasteiger partial charge on any atom is 0.304 e. The van der Waals surface area contributed by atoms with Gasteiger partial charge in [0.25, 0.3) is 0 Å². The zero-order valence-electron chi connectivity index (χ0n) is 11.1. The molecule has 1 saturated heterocycles. The molecule has 9 heteroatoms. The van der Waals surface area contributed by atoms with E-state index in [1.165, 1.54) is 0 Å². The van der Waals surface area contributed by atoms with Crippen LogP contribution in [0.5, 0.6) is 0 Å². The predicted molar refractivity (Wildman–Crippen MR) is 71.8 cm³/mol. The third-order valence-corrected chi connectivity index (χ3v) is 4.75. The molecule has 0 bridgehead atoms. The van der Waals surface area contributed by atoms with Crippen LogP contribution in [0.3, 0.4) is 0 Å². The molecule has 7 nitrogen and oxygen atoms in total. The molecule has 116 valence electrons. The summed E-state index contributed by atoms with van der Waals surface area (Å²) in [6.07, 6.45) is 1.53. The summed E-state index contributed by atoms with van der Waals surface area (Å²) in [6, 6.07) is 2.51. The maximum absolute atomic E-state index is 13.4. The minimum Gasteiger partial charge on any atom is -0.381 e. The van der Waals surface area contributed by atoms with E-state index >= 15 is 0 Å². The summed E-state index contributed by atoms with van der Waals surface area (Å²) < 4.78 is 44.9. The number of nitrogens with zero attached hydrogens (tertiary/aromatic N) is 1. The summed E-state index contributed by atoms with van der Waals surface area (Å²) in [5, 5.41) is 10.5. The molecule has 0 radical (unpaired) electrons. The monoisotopic (exact) mass is 318 g/mol. The molecule has 1 heterocycles. The first kappa shape index (κ1) is 15.8. The van der Waals surface area contributed by atoms with Crippen LogP contribution in [0.25, 0.3) is 0 Å². The first-order chi connectivity index (χ1) is 9.90. The maximum atomic E-state index is 13.4. The third-order valence-electron chi connectivity index (χ3n) is 3.29. The Labute approximate surface area is 121 Å².